The van der Waals surface area contributed by atoms with Gasteiger partial charge in [-0.15, -0.1) is 11.3 Å². The number of imidazole rings is 1. The molecular weight excluding hydrogens is 260 g/mol. The number of rotatable bonds is 2. The third-order valence-corrected chi connectivity index (χ3v) is 3.66. The fraction of sp³-hybridized carbons (Fsp3) is 0.400. The number of hydrogen-bond donors (Lipinski definition) is 0. The van der Waals surface area contributed by atoms with Gasteiger partial charge in [-0.2, -0.15) is 0 Å². The Labute approximate surface area is 108 Å². The fourth-order valence-electron chi connectivity index (χ4n) is 1.70. The number of ether oxygens (including phenoxy) is 1. The predicted molar refractivity (Wildman–Crippen MR) is 67.3 cm³/mol. The molecule has 0 unspecified atom stereocenters. The van der Waals surface area contributed by atoms with Gasteiger partial charge in [0, 0.05) is 24.7 Å². The van der Waals surface area contributed by atoms with Crippen LogP contribution in [0.4, 0.5) is 5.13 Å². The van der Waals surface area contributed by atoms with Crippen LogP contribution in [0.25, 0.3) is 5.82 Å². The largest absolute Gasteiger partial charge is 0.378 e. The highest BCUT2D eigenvalue weighted by Crippen LogP contribution is 2.23. The van der Waals surface area contributed by atoms with E-state index < -0.39 is 0 Å². The molecule has 1 fully saturated rings. The second-order valence-electron chi connectivity index (χ2n) is 3.69. The van der Waals surface area contributed by atoms with E-state index in [1.807, 2.05) is 9.95 Å². The standard InChI is InChI=1S/C10H11ClN4OS/c11-8-5-15(7-12-8)9-6-17-10(13-9)14-1-3-16-4-2-14/h5-7H,1-4H2. The van der Waals surface area contributed by atoms with Crippen LogP contribution in [-0.2, 0) is 4.74 Å². The molecule has 2 aromatic heterocycles. The van der Waals surface area contributed by atoms with Gasteiger partial charge in [-0.25, -0.2) is 9.97 Å². The highest BCUT2D eigenvalue weighted by atomic mass is 35.5. The zero-order valence-corrected chi connectivity index (χ0v) is 10.6. The summed E-state index contributed by atoms with van der Waals surface area (Å²) in [7, 11) is 0. The first-order valence-corrected chi connectivity index (χ1v) is 6.57. The second-order valence-corrected chi connectivity index (χ2v) is 4.92. The molecule has 1 aliphatic heterocycles. The van der Waals surface area contributed by atoms with E-state index in [4.69, 9.17) is 16.3 Å². The topological polar surface area (TPSA) is 43.2 Å². The first kappa shape index (κ1) is 11.0. The molecule has 90 valence electrons. The Bertz CT molecular complexity index is 506. The summed E-state index contributed by atoms with van der Waals surface area (Å²) in [6.07, 6.45) is 3.42. The fourth-order valence-corrected chi connectivity index (χ4v) is 2.71. The number of anilines is 1. The van der Waals surface area contributed by atoms with Gasteiger partial charge < -0.3 is 9.64 Å². The molecule has 0 amide bonds. The van der Waals surface area contributed by atoms with Crippen LogP contribution in [0.5, 0.6) is 0 Å². The number of morpholine rings is 1. The van der Waals surface area contributed by atoms with Crippen molar-refractivity contribution in [2.75, 3.05) is 31.2 Å². The SMILES string of the molecule is Clc1cn(-c2csc(N3CCOCC3)n2)cn1. The maximum absolute atomic E-state index is 5.78. The van der Waals surface area contributed by atoms with Crippen molar-refractivity contribution >= 4 is 28.1 Å². The van der Waals surface area contributed by atoms with Gasteiger partial charge in [0.1, 0.15) is 11.5 Å². The van der Waals surface area contributed by atoms with Gasteiger partial charge in [0.15, 0.2) is 10.9 Å². The van der Waals surface area contributed by atoms with Crippen molar-refractivity contribution in [1.29, 1.82) is 0 Å². The number of aromatic nitrogens is 3. The van der Waals surface area contributed by atoms with Gasteiger partial charge in [0.25, 0.3) is 0 Å². The van der Waals surface area contributed by atoms with Crippen molar-refractivity contribution in [2.24, 2.45) is 0 Å². The molecule has 1 saturated heterocycles. The molecule has 0 saturated carbocycles. The molecule has 0 radical (unpaired) electrons. The first-order chi connectivity index (χ1) is 8.33. The van der Waals surface area contributed by atoms with Gasteiger partial charge in [-0.05, 0) is 0 Å². The lowest BCUT2D eigenvalue weighted by molar-refractivity contribution is 0.122. The van der Waals surface area contributed by atoms with E-state index in [-0.39, 0.29) is 0 Å². The van der Waals surface area contributed by atoms with Crippen LogP contribution in [0.1, 0.15) is 0 Å². The van der Waals surface area contributed by atoms with Crippen molar-refractivity contribution in [3.63, 3.8) is 0 Å². The van der Waals surface area contributed by atoms with Gasteiger partial charge >= 0.3 is 0 Å². The van der Waals surface area contributed by atoms with Gasteiger partial charge in [0.05, 0.1) is 13.2 Å². The Balaban J connectivity index is 1.82. The minimum Gasteiger partial charge on any atom is -0.378 e. The Morgan fingerprint density at radius 1 is 1.35 bits per heavy atom. The van der Waals surface area contributed by atoms with Crippen molar-refractivity contribution in [2.45, 2.75) is 0 Å². The average molecular weight is 271 g/mol. The highest BCUT2D eigenvalue weighted by Gasteiger charge is 2.15. The predicted octanol–water partition coefficient (Wildman–Crippen LogP) is 1.82. The van der Waals surface area contributed by atoms with Gasteiger partial charge in [-0.1, -0.05) is 11.6 Å². The molecule has 0 aliphatic carbocycles. The Kier molecular flexibility index (Phi) is 3.00. The summed E-state index contributed by atoms with van der Waals surface area (Å²) in [5, 5.41) is 3.50. The van der Waals surface area contributed by atoms with Crippen molar-refractivity contribution < 1.29 is 4.74 Å². The monoisotopic (exact) mass is 270 g/mol. The summed E-state index contributed by atoms with van der Waals surface area (Å²) < 4.78 is 7.14. The zero-order chi connectivity index (χ0) is 11.7. The molecule has 0 bridgehead atoms. The molecule has 5 nitrogen and oxygen atoms in total. The van der Waals surface area contributed by atoms with Crippen LogP contribution in [0.2, 0.25) is 5.15 Å². The second kappa shape index (κ2) is 4.64. The van der Waals surface area contributed by atoms with E-state index >= 15 is 0 Å². The number of hydrogen-bond acceptors (Lipinski definition) is 5. The molecule has 0 atom stereocenters. The maximum Gasteiger partial charge on any atom is 0.187 e. The molecule has 0 aromatic carbocycles. The lowest BCUT2D eigenvalue weighted by Crippen LogP contribution is -2.36. The van der Waals surface area contributed by atoms with Crippen LogP contribution in [0.15, 0.2) is 17.9 Å². The average Bonchev–Trinajstić information content (AvgIpc) is 2.98. The summed E-state index contributed by atoms with van der Waals surface area (Å²) in [6, 6.07) is 0. The van der Waals surface area contributed by atoms with Crippen LogP contribution in [0.3, 0.4) is 0 Å². The Morgan fingerprint density at radius 2 is 2.18 bits per heavy atom. The summed E-state index contributed by atoms with van der Waals surface area (Å²) in [5.41, 5.74) is 0. The number of nitrogens with zero attached hydrogens (tertiary/aromatic N) is 4. The molecule has 3 rings (SSSR count). The Hall–Kier alpha value is -1.11. The zero-order valence-electron chi connectivity index (χ0n) is 9.04. The lowest BCUT2D eigenvalue weighted by atomic mass is 10.5. The summed E-state index contributed by atoms with van der Waals surface area (Å²) >= 11 is 7.41. The summed E-state index contributed by atoms with van der Waals surface area (Å²) in [4.78, 5) is 10.8. The van der Waals surface area contributed by atoms with E-state index in [2.05, 4.69) is 14.9 Å². The quantitative estimate of drug-likeness (QED) is 0.835. The lowest BCUT2D eigenvalue weighted by Gasteiger charge is -2.25. The van der Waals surface area contributed by atoms with Crippen molar-refractivity contribution in [1.82, 2.24) is 14.5 Å². The van der Waals surface area contributed by atoms with Gasteiger partial charge in [0.2, 0.25) is 0 Å². The number of thiazole rings is 1. The molecular formula is C10H11ClN4OS. The smallest absolute Gasteiger partial charge is 0.187 e. The Morgan fingerprint density at radius 3 is 2.88 bits per heavy atom. The van der Waals surface area contributed by atoms with E-state index in [9.17, 15) is 0 Å². The van der Waals surface area contributed by atoms with Crippen LogP contribution in [0, 0.1) is 0 Å². The third kappa shape index (κ3) is 2.29. The first-order valence-electron chi connectivity index (χ1n) is 5.31. The minimum atomic E-state index is 0.478. The summed E-state index contributed by atoms with van der Waals surface area (Å²) in [6.45, 7) is 3.34. The van der Waals surface area contributed by atoms with E-state index in [0.29, 0.717) is 5.15 Å². The normalized spacial score (nSPS) is 16.4. The molecule has 3 heterocycles. The molecule has 7 heteroatoms. The number of halogens is 1. The van der Waals surface area contributed by atoms with E-state index in [0.717, 1.165) is 37.3 Å². The van der Waals surface area contributed by atoms with E-state index in [1.54, 1.807) is 23.9 Å². The molecule has 1 aliphatic rings. The van der Waals surface area contributed by atoms with Gasteiger partial charge in [-0.3, -0.25) is 4.57 Å². The minimum absolute atomic E-state index is 0.478. The van der Waals surface area contributed by atoms with Crippen LogP contribution in [-0.4, -0.2) is 40.8 Å². The third-order valence-electron chi connectivity index (χ3n) is 2.58. The maximum atomic E-state index is 5.78. The highest BCUT2D eigenvalue weighted by molar-refractivity contribution is 7.14. The molecule has 2 aromatic rings. The molecule has 0 spiro atoms. The summed E-state index contributed by atoms with van der Waals surface area (Å²) in [5.74, 6) is 0.857. The van der Waals surface area contributed by atoms with E-state index in [1.165, 1.54) is 0 Å². The van der Waals surface area contributed by atoms with Crippen LogP contribution >= 0.6 is 22.9 Å². The van der Waals surface area contributed by atoms with Crippen LogP contribution < -0.4 is 4.90 Å². The molecule has 17 heavy (non-hydrogen) atoms. The van der Waals surface area contributed by atoms with Crippen molar-refractivity contribution in [3.8, 4) is 5.82 Å². The van der Waals surface area contributed by atoms with Crippen molar-refractivity contribution in [3.05, 3.63) is 23.1 Å². The molecule has 0 N–H and O–H groups in total.